The number of hydrogen-bond donors (Lipinski definition) is 2. The van der Waals surface area contributed by atoms with Gasteiger partial charge in [-0.25, -0.2) is 0 Å². The van der Waals surface area contributed by atoms with E-state index in [1.165, 1.54) is 0 Å². The molecule has 0 aliphatic carbocycles. The predicted octanol–water partition coefficient (Wildman–Crippen LogP) is 1.83. The molecule has 0 amide bonds. The van der Waals surface area contributed by atoms with Crippen LogP contribution in [0.25, 0.3) is 10.8 Å². The molecule has 2 heteroatoms. The number of nitrogens with two attached hydrogens (primary N) is 1. The van der Waals surface area contributed by atoms with Crippen molar-refractivity contribution in [1.29, 1.82) is 0 Å². The third kappa shape index (κ3) is 1.50. The van der Waals surface area contributed by atoms with E-state index < -0.39 is 6.10 Å². The van der Waals surface area contributed by atoms with E-state index in [9.17, 15) is 5.11 Å². The lowest BCUT2D eigenvalue weighted by Gasteiger charge is -2.11. The highest BCUT2D eigenvalue weighted by Gasteiger charge is 2.07. The van der Waals surface area contributed by atoms with Gasteiger partial charge < -0.3 is 10.8 Å². The summed E-state index contributed by atoms with van der Waals surface area (Å²) >= 11 is 0. The Morgan fingerprint density at radius 1 is 1.07 bits per heavy atom. The van der Waals surface area contributed by atoms with Crippen molar-refractivity contribution in [3.63, 3.8) is 0 Å². The van der Waals surface area contributed by atoms with Gasteiger partial charge in [0, 0.05) is 6.54 Å². The van der Waals surface area contributed by atoms with Crippen molar-refractivity contribution in [1.82, 2.24) is 0 Å². The van der Waals surface area contributed by atoms with Gasteiger partial charge in [-0.15, -0.1) is 0 Å². The lowest BCUT2D eigenvalue weighted by Crippen LogP contribution is -2.11. The Bertz CT molecular complexity index is 434. The van der Waals surface area contributed by atoms with Gasteiger partial charge in [-0.05, 0) is 16.3 Å². The molecule has 0 bridgehead atoms. The summed E-state index contributed by atoms with van der Waals surface area (Å²) in [6.07, 6.45) is -0.568. The quantitative estimate of drug-likeness (QED) is 0.753. The van der Waals surface area contributed by atoms with Gasteiger partial charge in [-0.2, -0.15) is 0 Å². The van der Waals surface area contributed by atoms with E-state index in [1.54, 1.807) is 0 Å². The number of rotatable bonds is 2. The second-order valence-electron chi connectivity index (χ2n) is 3.32. The standard InChI is InChI=1S/C12H13NO/c13-8-12(14)11-7-3-5-9-4-1-2-6-10(9)11/h1-7,12,14H,8,13H2/t12-/m1/s1. The van der Waals surface area contributed by atoms with E-state index in [1.807, 2.05) is 42.5 Å². The Morgan fingerprint density at radius 3 is 2.57 bits per heavy atom. The number of benzene rings is 2. The smallest absolute Gasteiger partial charge is 0.0918 e. The Kier molecular flexibility index (Phi) is 2.48. The maximum Gasteiger partial charge on any atom is 0.0918 e. The maximum atomic E-state index is 9.70. The van der Waals surface area contributed by atoms with Gasteiger partial charge in [0.15, 0.2) is 0 Å². The highest BCUT2D eigenvalue weighted by molar-refractivity contribution is 5.85. The van der Waals surface area contributed by atoms with Crippen LogP contribution in [0.1, 0.15) is 11.7 Å². The molecule has 2 aromatic rings. The second-order valence-corrected chi connectivity index (χ2v) is 3.32. The number of hydrogen-bond acceptors (Lipinski definition) is 2. The second kappa shape index (κ2) is 3.78. The zero-order valence-electron chi connectivity index (χ0n) is 7.85. The molecule has 2 aromatic carbocycles. The van der Waals surface area contributed by atoms with Gasteiger partial charge in [-0.1, -0.05) is 42.5 Å². The topological polar surface area (TPSA) is 46.2 Å². The summed E-state index contributed by atoms with van der Waals surface area (Å²) in [6.45, 7) is 0.258. The van der Waals surface area contributed by atoms with Gasteiger partial charge in [-0.3, -0.25) is 0 Å². The molecule has 1 atom stereocenters. The van der Waals surface area contributed by atoms with Crippen LogP contribution < -0.4 is 5.73 Å². The molecule has 0 fully saturated rings. The molecule has 0 aliphatic heterocycles. The summed E-state index contributed by atoms with van der Waals surface area (Å²) in [6, 6.07) is 13.9. The SMILES string of the molecule is NC[C@@H](O)c1cccc2ccccc12. The minimum atomic E-state index is -0.568. The molecule has 0 aromatic heterocycles. The molecule has 2 nitrogen and oxygen atoms in total. The first-order chi connectivity index (χ1) is 6.83. The van der Waals surface area contributed by atoms with Crippen LogP contribution in [0.3, 0.4) is 0 Å². The number of fused-ring (bicyclic) bond motifs is 1. The van der Waals surface area contributed by atoms with Crippen LogP contribution in [0.5, 0.6) is 0 Å². The normalized spacial score (nSPS) is 13.0. The van der Waals surface area contributed by atoms with E-state index in [0.717, 1.165) is 16.3 Å². The van der Waals surface area contributed by atoms with Gasteiger partial charge >= 0.3 is 0 Å². The Hall–Kier alpha value is -1.38. The Morgan fingerprint density at radius 2 is 1.79 bits per heavy atom. The fourth-order valence-corrected chi connectivity index (χ4v) is 1.67. The summed E-state index contributed by atoms with van der Waals surface area (Å²) < 4.78 is 0. The molecule has 0 spiro atoms. The first-order valence-electron chi connectivity index (χ1n) is 4.68. The first kappa shape index (κ1) is 9.19. The van der Waals surface area contributed by atoms with Crippen LogP contribution in [0.4, 0.5) is 0 Å². The number of aliphatic hydroxyl groups excluding tert-OH is 1. The molecule has 3 N–H and O–H groups in total. The molecule has 0 heterocycles. The Balaban J connectivity index is 2.65. The summed E-state index contributed by atoms with van der Waals surface area (Å²) in [5.41, 5.74) is 6.35. The van der Waals surface area contributed by atoms with Gasteiger partial charge in [0.05, 0.1) is 6.10 Å². The van der Waals surface area contributed by atoms with Gasteiger partial charge in [0.2, 0.25) is 0 Å². The van der Waals surface area contributed by atoms with E-state index in [4.69, 9.17) is 5.73 Å². The molecule has 2 rings (SSSR count). The molecule has 14 heavy (non-hydrogen) atoms. The summed E-state index contributed by atoms with van der Waals surface area (Å²) in [4.78, 5) is 0. The monoisotopic (exact) mass is 187 g/mol. The van der Waals surface area contributed by atoms with Crippen LogP contribution in [0.2, 0.25) is 0 Å². The van der Waals surface area contributed by atoms with Crippen LogP contribution in [0.15, 0.2) is 42.5 Å². The third-order valence-corrected chi connectivity index (χ3v) is 2.41. The zero-order chi connectivity index (χ0) is 9.97. The lowest BCUT2D eigenvalue weighted by atomic mass is 10.0. The van der Waals surface area contributed by atoms with Crippen molar-refractivity contribution < 1.29 is 5.11 Å². The zero-order valence-corrected chi connectivity index (χ0v) is 7.85. The molecular formula is C12H13NO. The molecular weight excluding hydrogens is 174 g/mol. The largest absolute Gasteiger partial charge is 0.387 e. The third-order valence-electron chi connectivity index (χ3n) is 2.41. The van der Waals surface area contributed by atoms with Crippen LogP contribution in [-0.2, 0) is 0 Å². The summed E-state index contributed by atoms with van der Waals surface area (Å²) in [5.74, 6) is 0. The van der Waals surface area contributed by atoms with Crippen LogP contribution in [0, 0.1) is 0 Å². The van der Waals surface area contributed by atoms with Gasteiger partial charge in [0.1, 0.15) is 0 Å². The van der Waals surface area contributed by atoms with Crippen molar-refractivity contribution in [3.05, 3.63) is 48.0 Å². The molecule has 0 saturated heterocycles. The minimum Gasteiger partial charge on any atom is -0.387 e. The molecule has 0 saturated carbocycles. The molecule has 72 valence electrons. The van der Waals surface area contributed by atoms with Crippen molar-refractivity contribution in [2.45, 2.75) is 6.10 Å². The average Bonchev–Trinajstić information content (AvgIpc) is 2.27. The van der Waals surface area contributed by atoms with Crippen LogP contribution in [-0.4, -0.2) is 11.7 Å². The molecule has 0 aliphatic rings. The van der Waals surface area contributed by atoms with Crippen LogP contribution >= 0.6 is 0 Å². The van der Waals surface area contributed by atoms with Crippen molar-refractivity contribution in [2.75, 3.05) is 6.54 Å². The number of aliphatic hydroxyl groups is 1. The van der Waals surface area contributed by atoms with Crippen molar-refractivity contribution >= 4 is 10.8 Å². The van der Waals surface area contributed by atoms with E-state index in [-0.39, 0.29) is 6.54 Å². The minimum absolute atomic E-state index is 0.258. The van der Waals surface area contributed by atoms with E-state index in [0.29, 0.717) is 0 Å². The fraction of sp³-hybridized carbons (Fsp3) is 0.167. The molecule has 0 unspecified atom stereocenters. The maximum absolute atomic E-state index is 9.70. The molecule has 0 radical (unpaired) electrons. The Labute approximate surface area is 83.0 Å². The first-order valence-corrected chi connectivity index (χ1v) is 4.68. The average molecular weight is 187 g/mol. The van der Waals surface area contributed by atoms with E-state index >= 15 is 0 Å². The van der Waals surface area contributed by atoms with Crippen molar-refractivity contribution in [2.24, 2.45) is 5.73 Å². The van der Waals surface area contributed by atoms with E-state index in [2.05, 4.69) is 0 Å². The van der Waals surface area contributed by atoms with Gasteiger partial charge in [0.25, 0.3) is 0 Å². The lowest BCUT2D eigenvalue weighted by molar-refractivity contribution is 0.188. The fourth-order valence-electron chi connectivity index (χ4n) is 1.67. The summed E-state index contributed by atoms with van der Waals surface area (Å²) in [7, 11) is 0. The van der Waals surface area contributed by atoms with Crippen molar-refractivity contribution in [3.8, 4) is 0 Å². The summed E-state index contributed by atoms with van der Waals surface area (Å²) in [5, 5.41) is 11.9. The highest BCUT2D eigenvalue weighted by atomic mass is 16.3. The predicted molar refractivity (Wildman–Crippen MR) is 58.0 cm³/mol. The highest BCUT2D eigenvalue weighted by Crippen LogP contribution is 2.23.